The van der Waals surface area contributed by atoms with Crippen LogP contribution < -0.4 is 41.5 Å². The zero-order valence-electron chi connectivity index (χ0n) is 57.0. The summed E-state index contributed by atoms with van der Waals surface area (Å²) in [6.07, 6.45) is -85.2. The van der Waals surface area contributed by atoms with Crippen LogP contribution in [0, 0.1) is 0 Å². The Labute approximate surface area is 697 Å². The molecule has 0 aromatic heterocycles. The van der Waals surface area contributed by atoms with Crippen molar-refractivity contribution in [3.63, 3.8) is 0 Å². The van der Waals surface area contributed by atoms with Gasteiger partial charge in [0.25, 0.3) is 0 Å². The highest BCUT2D eigenvalue weighted by Crippen LogP contribution is 2.47. The maximum Gasteiger partial charge on any atom is 0.416 e. The molecule has 8 rings (SSSR count). The van der Waals surface area contributed by atoms with Gasteiger partial charge in [-0.1, -0.05) is 0 Å². The minimum atomic E-state index is -5.48. The van der Waals surface area contributed by atoms with Crippen molar-refractivity contribution in [3.8, 4) is 0 Å². The molecule has 0 fully saturated rings. The summed E-state index contributed by atoms with van der Waals surface area (Å²) in [5, 5.41) is -12.6. The summed E-state index contributed by atoms with van der Waals surface area (Å²) in [5.41, 5.74) is -29.0. The number of hydrogen-bond donors (Lipinski definition) is 0. The molecule has 0 nitrogen and oxygen atoms in total. The molecule has 60 heteroatoms. The lowest BCUT2D eigenvalue weighted by Crippen LogP contribution is -2.54. The highest BCUT2D eigenvalue weighted by atomic mass is 35.7. The van der Waals surface area contributed by atoms with Crippen LogP contribution in [0.4, 0.5) is 211 Å². The van der Waals surface area contributed by atoms with E-state index in [-0.39, 0.29) is 146 Å². The van der Waals surface area contributed by atoms with Gasteiger partial charge in [-0.2, -0.15) is 211 Å². The molecule has 0 saturated heterocycles. The third-order valence-electron chi connectivity index (χ3n) is 15.9. The van der Waals surface area contributed by atoms with Crippen LogP contribution in [0.2, 0.25) is 0 Å². The monoisotopic (exact) mass is 2100 g/mol. The largest absolute Gasteiger partial charge is 0.416 e. The van der Waals surface area contributed by atoms with Crippen molar-refractivity contribution < 1.29 is 211 Å². The molecule has 0 N–H and O–H groups in total. The fourth-order valence-corrected chi connectivity index (χ4v) is 26.3. The van der Waals surface area contributed by atoms with E-state index in [9.17, 15) is 211 Å². The smallest absolute Gasteiger partial charge is 0.166 e. The quantitative estimate of drug-likeness (QED) is 0.0808. The molecule has 0 unspecified atom stereocenters. The van der Waals surface area contributed by atoms with Gasteiger partial charge in [0.2, 0.25) is 0 Å². The lowest BCUT2D eigenvalue weighted by molar-refractivity contribution is -0.140. The molecule has 8 aromatic carbocycles. The van der Waals surface area contributed by atoms with Crippen molar-refractivity contribution in [1.29, 1.82) is 0 Å². The molecule has 0 atom stereocenters. The molecule has 0 amide bonds. The SMILES string of the molecule is FC(F)(F)c1ccc(C(F)(F)F)c([Si](Cl)(Cl)c2cc(C(F)(F)F)ccc2C(F)(F)F)c1.FC(F)(F)c1ccc(C(F)(F)F)c([Si](Cl)(Cl)c2cc(C(F)(F)F)ccc2C(F)(F)F)c1.FC(F)(F)c1ccc(C(F)(F)F)c([Si](Cl)(Cl)c2cc(C(F)(F)F)ccc2C(F)(F)F)c1.FC(F)(F)c1ccc(C(F)(F)F)c([Si](Cl)(Cl)c2cc(C(F)(F)F)ccc2C(F)(F)F)c1. The Morgan fingerprint density at radius 2 is 0.194 bits per heavy atom. The summed E-state index contributed by atoms with van der Waals surface area (Å²) in [6, 6.07) is -2.31. The van der Waals surface area contributed by atoms with Crippen molar-refractivity contribution in [2.24, 2.45) is 0 Å². The Balaban J connectivity index is 0.000000294. The van der Waals surface area contributed by atoms with Crippen LogP contribution in [0.1, 0.15) is 89.0 Å². The molecular formula is C64H24Cl8F48Si4. The maximum atomic E-state index is 13.3. The van der Waals surface area contributed by atoms with Crippen LogP contribution in [-0.2, 0) is 98.8 Å². The van der Waals surface area contributed by atoms with E-state index in [2.05, 4.69) is 0 Å². The van der Waals surface area contributed by atoms with Crippen molar-refractivity contribution in [3.05, 3.63) is 235 Å². The summed E-state index contributed by atoms with van der Waals surface area (Å²) < 4.78 is 632. The van der Waals surface area contributed by atoms with Crippen LogP contribution in [0.15, 0.2) is 146 Å². The number of halogens is 56. The van der Waals surface area contributed by atoms with Gasteiger partial charge in [-0.05, 0) is 187 Å². The van der Waals surface area contributed by atoms with Crippen LogP contribution in [0.25, 0.3) is 0 Å². The highest BCUT2D eigenvalue weighted by molar-refractivity contribution is 7.58. The summed E-state index contributed by atoms with van der Waals surface area (Å²) >= 11 is 46.6. The average Bonchev–Trinajstić information content (AvgIpc) is 0.754. The Bertz CT molecular complexity index is 4210. The topological polar surface area (TPSA) is 0 Å². The Kier molecular flexibility index (Phi) is 30.9. The van der Waals surface area contributed by atoms with Gasteiger partial charge in [0, 0.05) is 0 Å². The molecule has 0 radical (unpaired) electrons. The summed E-state index contributed by atoms with van der Waals surface area (Å²) in [4.78, 5) is 0. The van der Waals surface area contributed by atoms with Gasteiger partial charge < -0.3 is 0 Å². The second-order valence-electron chi connectivity index (χ2n) is 24.3. The first-order chi connectivity index (χ1) is 54.7. The van der Waals surface area contributed by atoms with Gasteiger partial charge in [0.1, 0.15) is 0 Å². The van der Waals surface area contributed by atoms with Crippen LogP contribution >= 0.6 is 88.6 Å². The van der Waals surface area contributed by atoms with E-state index in [1.165, 1.54) is 0 Å². The van der Waals surface area contributed by atoms with Gasteiger partial charge in [-0.25, -0.2) is 0 Å². The molecular weight excluding hydrogens is 2080 g/mol. The van der Waals surface area contributed by atoms with Gasteiger partial charge in [0.15, 0.2) is 0 Å². The number of rotatable bonds is 8. The molecule has 688 valence electrons. The third-order valence-corrected chi connectivity index (χ3v) is 34.4. The molecule has 0 aliphatic heterocycles. The molecule has 8 aromatic rings. The second-order valence-corrected chi connectivity index (χ2v) is 49.2. The lowest BCUT2D eigenvalue weighted by atomic mass is 10.1. The average molecular weight is 2100 g/mol. The van der Waals surface area contributed by atoms with Gasteiger partial charge in [-0.3, -0.25) is 0 Å². The molecule has 0 aliphatic carbocycles. The van der Waals surface area contributed by atoms with E-state index in [1.54, 1.807) is 0 Å². The summed E-state index contributed by atoms with van der Waals surface area (Å²) in [7, 11) is 0. The van der Waals surface area contributed by atoms with Gasteiger partial charge in [-0.15, -0.1) is 88.6 Å². The van der Waals surface area contributed by atoms with Gasteiger partial charge in [0.05, 0.1) is 89.0 Å². The third kappa shape index (κ3) is 26.0. The summed E-state index contributed by atoms with van der Waals surface area (Å²) in [6.45, 7) is -21.9. The molecule has 0 saturated carbocycles. The molecule has 0 spiro atoms. The van der Waals surface area contributed by atoms with Crippen LogP contribution in [0.3, 0.4) is 0 Å². The Hall–Kier alpha value is -6.41. The first-order valence-corrected chi connectivity index (χ1v) is 46.6. The molecule has 124 heavy (non-hydrogen) atoms. The predicted octanol–water partition coefficient (Wildman–Crippen LogP) is 27.2. The fourth-order valence-electron chi connectivity index (χ4n) is 10.4. The highest BCUT2D eigenvalue weighted by Gasteiger charge is 2.57. The van der Waals surface area contributed by atoms with Crippen molar-refractivity contribution in [2.45, 2.75) is 98.8 Å². The number of hydrogen-bond acceptors (Lipinski definition) is 0. The van der Waals surface area contributed by atoms with E-state index in [1.807, 2.05) is 0 Å². The zero-order valence-corrected chi connectivity index (χ0v) is 67.1. The minimum absolute atomic E-state index is 0.00138. The fraction of sp³-hybridized carbons (Fsp3) is 0.250. The van der Waals surface area contributed by atoms with E-state index < -0.39 is 256 Å². The first-order valence-electron chi connectivity index (χ1n) is 30.5. The van der Waals surface area contributed by atoms with E-state index in [4.69, 9.17) is 88.6 Å². The van der Waals surface area contributed by atoms with E-state index in [0.717, 1.165) is 0 Å². The van der Waals surface area contributed by atoms with Crippen molar-refractivity contribution >= 4 is 157 Å². The molecule has 0 heterocycles. The van der Waals surface area contributed by atoms with Crippen LogP contribution in [-0.4, -0.2) is 26.8 Å². The number of benzene rings is 8. The maximum absolute atomic E-state index is 13.3. The summed E-state index contributed by atoms with van der Waals surface area (Å²) in [5.74, 6) is 0. The van der Waals surface area contributed by atoms with Crippen molar-refractivity contribution in [1.82, 2.24) is 0 Å². The Morgan fingerprint density at radius 1 is 0.121 bits per heavy atom. The zero-order chi connectivity index (χ0) is 96.8. The normalized spacial score (nSPS) is 14.1. The lowest BCUT2D eigenvalue weighted by Gasteiger charge is -2.27. The van der Waals surface area contributed by atoms with E-state index >= 15 is 0 Å². The van der Waals surface area contributed by atoms with Crippen molar-refractivity contribution in [2.75, 3.05) is 0 Å². The Morgan fingerprint density at radius 3 is 0.250 bits per heavy atom. The van der Waals surface area contributed by atoms with Crippen LogP contribution in [0.5, 0.6) is 0 Å². The predicted molar refractivity (Wildman–Crippen MR) is 358 cm³/mol. The second kappa shape index (κ2) is 35.5. The van der Waals surface area contributed by atoms with E-state index in [0.29, 0.717) is 0 Å². The number of alkyl halides is 48. The first kappa shape index (κ1) is 108. The molecule has 0 aliphatic rings. The standard InChI is InChI=1S/4C16H6Cl2F12Si/c4*17-31(18,11-5-7(13(19,20)21)1-3-9(11)15(25,26)27)12-6-8(14(22,23)24)2-4-10(12)16(28,29)30/h4*1-6H. The van der Waals surface area contributed by atoms with Gasteiger partial charge >= 0.3 is 126 Å². The minimum Gasteiger partial charge on any atom is -0.166 e. The molecule has 0 bridgehead atoms.